The number of aromatic hydroxyl groups is 1. The van der Waals surface area contributed by atoms with Crippen molar-refractivity contribution in [1.29, 1.82) is 0 Å². The van der Waals surface area contributed by atoms with Gasteiger partial charge >= 0.3 is 0 Å². The van der Waals surface area contributed by atoms with Gasteiger partial charge in [0.25, 0.3) is 5.91 Å². The number of rotatable bonds is 4. The number of nitrogens with one attached hydrogen (secondary N) is 1. The van der Waals surface area contributed by atoms with E-state index in [1.54, 1.807) is 24.3 Å². The maximum Gasteiger partial charge on any atom is 0.262 e. The van der Waals surface area contributed by atoms with Crippen LogP contribution in [0.3, 0.4) is 0 Å². The smallest absolute Gasteiger partial charge is 0.262 e. The first-order valence-electron chi connectivity index (χ1n) is 6.44. The van der Waals surface area contributed by atoms with Crippen LogP contribution in [0.5, 0.6) is 11.5 Å². The number of phenolic OH excluding ortho intramolecular Hbond substituents is 1. The zero-order chi connectivity index (χ0) is 15.4. The van der Waals surface area contributed by atoms with Gasteiger partial charge in [0.2, 0.25) is 0 Å². The number of phenols is 1. The van der Waals surface area contributed by atoms with E-state index in [2.05, 4.69) is 5.32 Å². The lowest BCUT2D eigenvalue weighted by atomic mass is 10.1. The molecule has 0 aliphatic carbocycles. The van der Waals surface area contributed by atoms with Crippen LogP contribution in [0.2, 0.25) is 5.02 Å². The Bertz CT molecular complexity index is 630. The van der Waals surface area contributed by atoms with Crippen molar-refractivity contribution in [2.24, 2.45) is 0 Å². The van der Waals surface area contributed by atoms with Crippen LogP contribution in [0.1, 0.15) is 11.1 Å². The number of benzene rings is 2. The molecule has 5 heteroatoms. The number of anilines is 1. The van der Waals surface area contributed by atoms with Gasteiger partial charge in [-0.15, -0.1) is 0 Å². The predicted molar refractivity (Wildman–Crippen MR) is 83.2 cm³/mol. The summed E-state index contributed by atoms with van der Waals surface area (Å²) in [5.41, 5.74) is 2.42. The van der Waals surface area contributed by atoms with E-state index >= 15 is 0 Å². The normalized spacial score (nSPS) is 10.2. The van der Waals surface area contributed by atoms with Crippen molar-refractivity contribution in [3.05, 3.63) is 52.5 Å². The number of halogens is 1. The molecule has 0 bridgehead atoms. The van der Waals surface area contributed by atoms with Crippen LogP contribution >= 0.6 is 11.6 Å². The Morgan fingerprint density at radius 1 is 1.19 bits per heavy atom. The fraction of sp³-hybridized carbons (Fsp3) is 0.188. The van der Waals surface area contributed by atoms with Crippen molar-refractivity contribution in [2.75, 3.05) is 11.9 Å². The van der Waals surface area contributed by atoms with E-state index in [9.17, 15) is 4.79 Å². The van der Waals surface area contributed by atoms with Gasteiger partial charge < -0.3 is 15.2 Å². The first kappa shape index (κ1) is 15.2. The minimum absolute atomic E-state index is 0.0958. The minimum atomic E-state index is -0.272. The quantitative estimate of drug-likeness (QED) is 0.847. The van der Waals surface area contributed by atoms with E-state index in [1.165, 1.54) is 12.1 Å². The van der Waals surface area contributed by atoms with Crippen LogP contribution in [0.25, 0.3) is 0 Å². The largest absolute Gasteiger partial charge is 0.508 e. The number of carbonyl (C=O) groups is 1. The molecule has 110 valence electrons. The highest BCUT2D eigenvalue weighted by molar-refractivity contribution is 6.32. The molecule has 0 aromatic heterocycles. The van der Waals surface area contributed by atoms with E-state index in [0.29, 0.717) is 16.5 Å². The van der Waals surface area contributed by atoms with Crippen LogP contribution in [-0.4, -0.2) is 17.6 Å². The molecule has 2 aromatic rings. The lowest BCUT2D eigenvalue weighted by molar-refractivity contribution is -0.118. The SMILES string of the molecule is Cc1cc(OCC(=O)Nc2ccc(O)cc2)cc(C)c1Cl. The summed E-state index contributed by atoms with van der Waals surface area (Å²) in [6.45, 7) is 3.68. The van der Waals surface area contributed by atoms with Crippen LogP contribution in [0, 0.1) is 13.8 Å². The molecule has 0 saturated heterocycles. The van der Waals surface area contributed by atoms with Gasteiger partial charge in [-0.3, -0.25) is 4.79 Å². The number of hydrogen-bond donors (Lipinski definition) is 2. The first-order chi connectivity index (χ1) is 9.95. The summed E-state index contributed by atoms with van der Waals surface area (Å²) >= 11 is 6.08. The number of hydrogen-bond acceptors (Lipinski definition) is 3. The molecule has 2 N–H and O–H groups in total. The highest BCUT2D eigenvalue weighted by atomic mass is 35.5. The Morgan fingerprint density at radius 3 is 2.33 bits per heavy atom. The Kier molecular flexibility index (Phi) is 4.70. The average molecular weight is 306 g/mol. The standard InChI is InChI=1S/C16H16ClNO3/c1-10-7-14(8-11(2)16(10)17)21-9-15(20)18-12-3-5-13(19)6-4-12/h3-8,19H,9H2,1-2H3,(H,18,20). The summed E-state index contributed by atoms with van der Waals surface area (Å²) in [5, 5.41) is 12.6. The van der Waals surface area contributed by atoms with E-state index in [4.69, 9.17) is 21.4 Å². The Hall–Kier alpha value is -2.20. The number of carbonyl (C=O) groups excluding carboxylic acids is 1. The molecule has 0 aliphatic rings. The van der Waals surface area contributed by atoms with Gasteiger partial charge in [-0.05, 0) is 61.4 Å². The van der Waals surface area contributed by atoms with E-state index < -0.39 is 0 Å². The van der Waals surface area contributed by atoms with Gasteiger partial charge in [-0.2, -0.15) is 0 Å². The van der Waals surface area contributed by atoms with Gasteiger partial charge in [0, 0.05) is 10.7 Å². The van der Waals surface area contributed by atoms with Crippen molar-refractivity contribution in [3.8, 4) is 11.5 Å². The third-order valence-corrected chi connectivity index (χ3v) is 3.53. The zero-order valence-corrected chi connectivity index (χ0v) is 12.6. The molecule has 2 aromatic carbocycles. The predicted octanol–water partition coefficient (Wildman–Crippen LogP) is 3.68. The van der Waals surface area contributed by atoms with Crippen molar-refractivity contribution in [2.45, 2.75) is 13.8 Å². The highest BCUT2D eigenvalue weighted by Gasteiger charge is 2.07. The molecule has 4 nitrogen and oxygen atoms in total. The topological polar surface area (TPSA) is 58.6 Å². The minimum Gasteiger partial charge on any atom is -0.508 e. The average Bonchev–Trinajstić information content (AvgIpc) is 2.45. The number of ether oxygens (including phenoxy) is 1. The molecular formula is C16H16ClNO3. The van der Waals surface area contributed by atoms with Crippen molar-refractivity contribution < 1.29 is 14.6 Å². The van der Waals surface area contributed by atoms with Gasteiger partial charge in [0.1, 0.15) is 11.5 Å². The second-order valence-electron chi connectivity index (χ2n) is 4.75. The molecule has 0 fully saturated rings. The van der Waals surface area contributed by atoms with Crippen molar-refractivity contribution >= 4 is 23.2 Å². The first-order valence-corrected chi connectivity index (χ1v) is 6.82. The lowest BCUT2D eigenvalue weighted by Crippen LogP contribution is -2.20. The summed E-state index contributed by atoms with van der Waals surface area (Å²) < 4.78 is 5.46. The fourth-order valence-corrected chi connectivity index (χ4v) is 1.99. The monoisotopic (exact) mass is 305 g/mol. The van der Waals surface area contributed by atoms with E-state index in [1.807, 2.05) is 13.8 Å². The van der Waals surface area contributed by atoms with Crippen molar-refractivity contribution in [1.82, 2.24) is 0 Å². The molecule has 0 atom stereocenters. The van der Waals surface area contributed by atoms with Crippen LogP contribution in [0.15, 0.2) is 36.4 Å². The molecule has 0 radical (unpaired) electrons. The number of aryl methyl sites for hydroxylation is 2. The fourth-order valence-electron chi connectivity index (χ4n) is 1.88. The Balaban J connectivity index is 1.93. The molecular weight excluding hydrogens is 290 g/mol. The molecule has 0 saturated carbocycles. The summed E-state index contributed by atoms with van der Waals surface area (Å²) in [4.78, 5) is 11.8. The summed E-state index contributed by atoms with van der Waals surface area (Å²) in [6, 6.07) is 9.82. The van der Waals surface area contributed by atoms with Crippen LogP contribution in [0.4, 0.5) is 5.69 Å². The number of amides is 1. The second-order valence-corrected chi connectivity index (χ2v) is 5.13. The Labute approximate surface area is 128 Å². The van der Waals surface area contributed by atoms with Gasteiger partial charge in [0.05, 0.1) is 0 Å². The van der Waals surface area contributed by atoms with E-state index in [0.717, 1.165) is 11.1 Å². The molecule has 0 aliphatic heterocycles. The second kappa shape index (κ2) is 6.50. The van der Waals surface area contributed by atoms with E-state index in [-0.39, 0.29) is 18.3 Å². The molecule has 1 amide bonds. The van der Waals surface area contributed by atoms with Crippen LogP contribution < -0.4 is 10.1 Å². The van der Waals surface area contributed by atoms with Gasteiger partial charge in [-0.1, -0.05) is 11.6 Å². The summed E-state index contributed by atoms with van der Waals surface area (Å²) in [5.74, 6) is 0.484. The zero-order valence-electron chi connectivity index (χ0n) is 11.8. The highest BCUT2D eigenvalue weighted by Crippen LogP contribution is 2.25. The summed E-state index contributed by atoms with van der Waals surface area (Å²) in [6.07, 6.45) is 0. The van der Waals surface area contributed by atoms with Crippen LogP contribution in [-0.2, 0) is 4.79 Å². The Morgan fingerprint density at radius 2 is 1.76 bits per heavy atom. The molecule has 0 spiro atoms. The maximum absolute atomic E-state index is 11.8. The summed E-state index contributed by atoms with van der Waals surface area (Å²) in [7, 11) is 0. The third kappa shape index (κ3) is 4.13. The van der Waals surface area contributed by atoms with Gasteiger partial charge in [-0.25, -0.2) is 0 Å². The molecule has 21 heavy (non-hydrogen) atoms. The van der Waals surface area contributed by atoms with Crippen molar-refractivity contribution in [3.63, 3.8) is 0 Å². The van der Waals surface area contributed by atoms with Gasteiger partial charge in [0.15, 0.2) is 6.61 Å². The maximum atomic E-state index is 11.8. The molecule has 2 rings (SSSR count). The third-order valence-electron chi connectivity index (χ3n) is 2.93. The lowest BCUT2D eigenvalue weighted by Gasteiger charge is -2.10. The molecule has 0 heterocycles. The molecule has 0 unspecified atom stereocenters.